The van der Waals surface area contributed by atoms with Gasteiger partial charge in [0.2, 0.25) is 0 Å². The van der Waals surface area contributed by atoms with Gasteiger partial charge >= 0.3 is 0 Å². The van der Waals surface area contributed by atoms with Crippen LogP contribution in [0, 0.1) is 0 Å². The van der Waals surface area contributed by atoms with Gasteiger partial charge in [-0.3, -0.25) is 4.79 Å². The molecule has 4 heterocycles. The maximum atomic E-state index is 13.3. The molecule has 3 aromatic heterocycles. The van der Waals surface area contributed by atoms with Crippen molar-refractivity contribution >= 4 is 22.8 Å². The van der Waals surface area contributed by atoms with Crippen LogP contribution in [0.1, 0.15) is 35.1 Å². The van der Waals surface area contributed by atoms with Crippen LogP contribution in [0.25, 0.3) is 16.9 Å². The Balaban J connectivity index is 1.67. The summed E-state index contributed by atoms with van der Waals surface area (Å²) in [6.07, 6.45) is 5.01. The van der Waals surface area contributed by atoms with Gasteiger partial charge in [0.1, 0.15) is 0 Å². The van der Waals surface area contributed by atoms with Gasteiger partial charge in [0.15, 0.2) is 0 Å². The normalized spacial score (nSPS) is 15.8. The Kier molecular flexibility index (Phi) is 5.02. The predicted molar refractivity (Wildman–Crippen MR) is 110 cm³/mol. The Labute approximate surface area is 164 Å². The van der Waals surface area contributed by atoms with Crippen LogP contribution >= 0.6 is 11.3 Å². The first-order valence-corrected chi connectivity index (χ1v) is 10.5. The zero-order valence-electron chi connectivity index (χ0n) is 16.2. The zero-order chi connectivity index (χ0) is 19.0. The first kappa shape index (κ1) is 18.2. The molecular weight excluding hydrogens is 356 g/mol. The highest BCUT2D eigenvalue weighted by atomic mass is 32.1. The zero-order valence-corrected chi connectivity index (χ0v) is 17.0. The smallest absolute Gasteiger partial charge is 0.256 e. The number of fused-ring (bicyclic) bond motifs is 1. The molecule has 1 fully saturated rings. The van der Waals surface area contributed by atoms with E-state index in [-0.39, 0.29) is 5.91 Å². The molecule has 1 aliphatic heterocycles. The molecule has 0 atom stereocenters. The minimum Gasteiger partial charge on any atom is -0.338 e. The van der Waals surface area contributed by atoms with E-state index in [0.717, 1.165) is 59.8 Å². The van der Waals surface area contributed by atoms with Gasteiger partial charge in [-0.25, -0.2) is 4.98 Å². The Morgan fingerprint density at radius 1 is 1.30 bits per heavy atom. The standard InChI is InChI=1S/C21H26N4OS/c1-4-20-22-17(14-27-20)19-13-16(18-7-5-6-10-25(18)19)21(26)24-11-8-15(9-12-24)23(2)3/h5-7,10,13-15H,4,8-9,11-12H2,1-3H3. The fourth-order valence-electron chi connectivity index (χ4n) is 3.87. The second-order valence-electron chi connectivity index (χ2n) is 7.37. The van der Waals surface area contributed by atoms with Gasteiger partial charge in [-0.05, 0) is 51.6 Å². The Hall–Kier alpha value is -2.18. The summed E-state index contributed by atoms with van der Waals surface area (Å²) in [7, 11) is 4.24. The molecule has 4 rings (SSSR count). The number of carbonyl (C=O) groups excluding carboxylic acids is 1. The second kappa shape index (κ2) is 7.44. The fourth-order valence-corrected chi connectivity index (χ4v) is 4.61. The number of likely N-dealkylation sites (tertiary alicyclic amines) is 1. The molecule has 0 radical (unpaired) electrons. The molecule has 1 saturated heterocycles. The minimum atomic E-state index is 0.133. The van der Waals surface area contributed by atoms with Gasteiger partial charge in [-0.15, -0.1) is 11.3 Å². The van der Waals surface area contributed by atoms with Crippen molar-refractivity contribution < 1.29 is 4.79 Å². The van der Waals surface area contributed by atoms with E-state index in [0.29, 0.717) is 6.04 Å². The van der Waals surface area contributed by atoms with Crippen molar-refractivity contribution in [3.8, 4) is 11.4 Å². The summed E-state index contributed by atoms with van der Waals surface area (Å²) in [6, 6.07) is 8.60. The SMILES string of the molecule is CCc1nc(-c2cc(C(=O)N3CCC(N(C)C)CC3)c3ccccn23)cs1. The Morgan fingerprint density at radius 2 is 2.07 bits per heavy atom. The molecule has 0 aliphatic carbocycles. The molecule has 3 aromatic rings. The van der Waals surface area contributed by atoms with Crippen molar-refractivity contribution in [1.82, 2.24) is 19.2 Å². The van der Waals surface area contributed by atoms with E-state index in [4.69, 9.17) is 4.98 Å². The summed E-state index contributed by atoms with van der Waals surface area (Å²) in [5.74, 6) is 0.133. The first-order chi connectivity index (χ1) is 13.1. The van der Waals surface area contributed by atoms with Gasteiger partial charge in [0.25, 0.3) is 5.91 Å². The number of carbonyl (C=O) groups is 1. The number of piperidine rings is 1. The van der Waals surface area contributed by atoms with Crippen LogP contribution in [0.5, 0.6) is 0 Å². The molecule has 0 unspecified atom stereocenters. The Morgan fingerprint density at radius 3 is 2.74 bits per heavy atom. The molecule has 0 N–H and O–H groups in total. The van der Waals surface area contributed by atoms with Gasteiger partial charge in [-0.1, -0.05) is 13.0 Å². The van der Waals surface area contributed by atoms with Crippen LogP contribution < -0.4 is 0 Å². The molecule has 1 aliphatic rings. The summed E-state index contributed by atoms with van der Waals surface area (Å²) in [5.41, 5.74) is 3.68. The molecule has 0 saturated carbocycles. The monoisotopic (exact) mass is 382 g/mol. The molecular formula is C21H26N4OS. The first-order valence-electron chi connectivity index (χ1n) is 9.59. The van der Waals surface area contributed by atoms with Crippen LogP contribution in [0.4, 0.5) is 0 Å². The van der Waals surface area contributed by atoms with Crippen LogP contribution in [0.15, 0.2) is 35.8 Å². The lowest BCUT2D eigenvalue weighted by Gasteiger charge is -2.35. The average Bonchev–Trinajstić information content (AvgIpc) is 3.32. The molecule has 0 aromatic carbocycles. The highest BCUT2D eigenvalue weighted by Gasteiger charge is 2.27. The van der Waals surface area contributed by atoms with Crippen molar-refractivity contribution in [2.24, 2.45) is 0 Å². The van der Waals surface area contributed by atoms with Crippen molar-refractivity contribution in [3.05, 3.63) is 46.4 Å². The van der Waals surface area contributed by atoms with E-state index < -0.39 is 0 Å². The maximum Gasteiger partial charge on any atom is 0.256 e. The lowest BCUT2D eigenvalue weighted by Crippen LogP contribution is -2.44. The number of pyridine rings is 1. The van der Waals surface area contributed by atoms with E-state index in [1.54, 1.807) is 11.3 Å². The van der Waals surface area contributed by atoms with Crippen LogP contribution in [-0.4, -0.2) is 58.3 Å². The number of aromatic nitrogens is 2. The topological polar surface area (TPSA) is 40.9 Å². The summed E-state index contributed by atoms with van der Waals surface area (Å²) < 4.78 is 2.09. The number of amides is 1. The molecule has 5 nitrogen and oxygen atoms in total. The highest BCUT2D eigenvalue weighted by Crippen LogP contribution is 2.29. The number of nitrogens with zero attached hydrogens (tertiary/aromatic N) is 4. The van der Waals surface area contributed by atoms with E-state index in [2.05, 4.69) is 35.7 Å². The van der Waals surface area contributed by atoms with Crippen molar-refractivity contribution in [2.75, 3.05) is 27.2 Å². The number of hydrogen-bond acceptors (Lipinski definition) is 4. The number of aryl methyl sites for hydroxylation is 1. The third-order valence-corrected chi connectivity index (χ3v) is 6.50. The van der Waals surface area contributed by atoms with Gasteiger partial charge in [-0.2, -0.15) is 0 Å². The van der Waals surface area contributed by atoms with E-state index in [1.165, 1.54) is 0 Å². The molecule has 6 heteroatoms. The second-order valence-corrected chi connectivity index (χ2v) is 8.31. The van der Waals surface area contributed by atoms with Crippen molar-refractivity contribution in [1.29, 1.82) is 0 Å². The molecule has 1 amide bonds. The largest absolute Gasteiger partial charge is 0.338 e. The Bertz CT molecular complexity index is 950. The van der Waals surface area contributed by atoms with E-state index in [1.807, 2.05) is 35.4 Å². The highest BCUT2D eigenvalue weighted by molar-refractivity contribution is 7.09. The summed E-state index contributed by atoms with van der Waals surface area (Å²) in [5, 5.41) is 3.21. The molecule has 0 spiro atoms. The third kappa shape index (κ3) is 3.39. The summed E-state index contributed by atoms with van der Waals surface area (Å²) >= 11 is 1.68. The molecule has 142 valence electrons. The van der Waals surface area contributed by atoms with Crippen molar-refractivity contribution in [3.63, 3.8) is 0 Å². The summed E-state index contributed by atoms with van der Waals surface area (Å²) in [6.45, 7) is 3.75. The minimum absolute atomic E-state index is 0.133. The quantitative estimate of drug-likeness (QED) is 0.689. The van der Waals surface area contributed by atoms with Crippen LogP contribution in [0.3, 0.4) is 0 Å². The van der Waals surface area contributed by atoms with E-state index in [9.17, 15) is 4.79 Å². The molecule has 27 heavy (non-hydrogen) atoms. The third-order valence-electron chi connectivity index (χ3n) is 5.51. The van der Waals surface area contributed by atoms with Crippen LogP contribution in [0.2, 0.25) is 0 Å². The van der Waals surface area contributed by atoms with Crippen LogP contribution in [-0.2, 0) is 6.42 Å². The fraction of sp³-hybridized carbons (Fsp3) is 0.429. The number of hydrogen-bond donors (Lipinski definition) is 0. The van der Waals surface area contributed by atoms with Gasteiger partial charge in [0.05, 0.1) is 27.5 Å². The van der Waals surface area contributed by atoms with Crippen molar-refractivity contribution in [2.45, 2.75) is 32.2 Å². The maximum absolute atomic E-state index is 13.3. The van der Waals surface area contributed by atoms with Gasteiger partial charge < -0.3 is 14.2 Å². The van der Waals surface area contributed by atoms with Gasteiger partial charge in [0, 0.05) is 30.7 Å². The average molecular weight is 383 g/mol. The number of thiazole rings is 1. The summed E-state index contributed by atoms with van der Waals surface area (Å²) in [4.78, 5) is 22.3. The predicted octanol–water partition coefficient (Wildman–Crippen LogP) is 3.79. The lowest BCUT2D eigenvalue weighted by atomic mass is 10.0. The lowest BCUT2D eigenvalue weighted by molar-refractivity contribution is 0.0665. The van der Waals surface area contributed by atoms with E-state index >= 15 is 0 Å². The number of rotatable bonds is 4. The molecule has 0 bridgehead atoms.